The van der Waals surface area contributed by atoms with E-state index in [1.807, 2.05) is 37.3 Å². The molecule has 27 heavy (non-hydrogen) atoms. The lowest BCUT2D eigenvalue weighted by molar-refractivity contribution is 0.577. The average molecular weight is 380 g/mol. The van der Waals surface area contributed by atoms with Gasteiger partial charge in [-0.2, -0.15) is 8.42 Å². The quantitative estimate of drug-likeness (QED) is 0.526. The summed E-state index contributed by atoms with van der Waals surface area (Å²) in [6.07, 6.45) is 3.05. The molecular weight excluding hydrogens is 364 g/mol. The standard InChI is InChI=1S/C18H16N6O2S/c1-14-7-9-17(10-8-14)27(25,26)24-13-16(20-22-24)12-23-18(11-19-21-23)15-5-3-2-4-6-15/h2-11,13H,12H2,1H3. The van der Waals surface area contributed by atoms with Crippen molar-refractivity contribution in [2.45, 2.75) is 18.4 Å². The maximum absolute atomic E-state index is 12.7. The molecule has 0 N–H and O–H groups in total. The predicted octanol–water partition coefficient (Wildman–Crippen LogP) is 2.13. The van der Waals surface area contributed by atoms with Gasteiger partial charge in [-0.1, -0.05) is 58.5 Å². The van der Waals surface area contributed by atoms with Crippen LogP contribution in [0.2, 0.25) is 0 Å². The van der Waals surface area contributed by atoms with E-state index in [0.717, 1.165) is 20.9 Å². The van der Waals surface area contributed by atoms with Crippen molar-refractivity contribution in [2.75, 3.05) is 0 Å². The molecule has 4 rings (SSSR count). The van der Waals surface area contributed by atoms with E-state index in [1.165, 1.54) is 6.20 Å². The van der Waals surface area contributed by atoms with E-state index in [2.05, 4.69) is 20.6 Å². The molecule has 0 unspecified atom stereocenters. The fraction of sp³-hybridized carbons (Fsp3) is 0.111. The van der Waals surface area contributed by atoms with E-state index in [-0.39, 0.29) is 11.4 Å². The number of rotatable bonds is 5. The monoisotopic (exact) mass is 380 g/mol. The fourth-order valence-corrected chi connectivity index (χ4v) is 3.74. The van der Waals surface area contributed by atoms with Crippen LogP contribution in [0.3, 0.4) is 0 Å². The zero-order valence-electron chi connectivity index (χ0n) is 14.5. The number of aryl methyl sites for hydroxylation is 1. The van der Waals surface area contributed by atoms with Gasteiger partial charge in [-0.05, 0) is 19.1 Å². The van der Waals surface area contributed by atoms with Gasteiger partial charge >= 0.3 is 0 Å². The molecule has 0 atom stereocenters. The normalized spacial score (nSPS) is 11.6. The van der Waals surface area contributed by atoms with Gasteiger partial charge in [-0.15, -0.1) is 14.3 Å². The molecule has 0 saturated heterocycles. The first-order valence-corrected chi connectivity index (χ1v) is 9.65. The van der Waals surface area contributed by atoms with Crippen LogP contribution >= 0.6 is 0 Å². The third kappa shape index (κ3) is 3.36. The smallest absolute Gasteiger partial charge is 0.239 e. The van der Waals surface area contributed by atoms with Crippen molar-refractivity contribution in [1.82, 2.24) is 29.4 Å². The van der Waals surface area contributed by atoms with Crippen LogP contribution in [0.5, 0.6) is 0 Å². The molecular formula is C18H16N6O2S. The summed E-state index contributed by atoms with van der Waals surface area (Å²) in [6, 6.07) is 16.3. The lowest BCUT2D eigenvalue weighted by Gasteiger charge is -2.04. The summed E-state index contributed by atoms with van der Waals surface area (Å²) >= 11 is 0. The van der Waals surface area contributed by atoms with Gasteiger partial charge in [0.2, 0.25) is 0 Å². The summed E-state index contributed by atoms with van der Waals surface area (Å²) in [4.78, 5) is 0.162. The Hall–Kier alpha value is -3.33. The molecule has 0 radical (unpaired) electrons. The fourth-order valence-electron chi connectivity index (χ4n) is 2.65. The highest BCUT2D eigenvalue weighted by Crippen LogP contribution is 2.18. The molecule has 0 saturated carbocycles. The highest BCUT2D eigenvalue weighted by Gasteiger charge is 2.19. The van der Waals surface area contributed by atoms with Crippen LogP contribution in [0.4, 0.5) is 0 Å². The Kier molecular flexibility index (Phi) is 4.28. The second-order valence-electron chi connectivity index (χ2n) is 6.04. The Morgan fingerprint density at radius 3 is 2.44 bits per heavy atom. The first-order valence-electron chi connectivity index (χ1n) is 8.21. The Balaban J connectivity index is 1.61. The molecule has 0 aliphatic heterocycles. The van der Waals surface area contributed by atoms with Crippen molar-refractivity contribution < 1.29 is 8.42 Å². The Morgan fingerprint density at radius 2 is 1.70 bits per heavy atom. The maximum atomic E-state index is 12.7. The number of nitrogens with zero attached hydrogens (tertiary/aromatic N) is 6. The third-order valence-corrected chi connectivity index (χ3v) is 5.62. The van der Waals surface area contributed by atoms with Gasteiger partial charge in [-0.3, -0.25) is 0 Å². The highest BCUT2D eigenvalue weighted by atomic mass is 32.2. The zero-order valence-corrected chi connectivity index (χ0v) is 15.3. The van der Waals surface area contributed by atoms with E-state index in [1.54, 1.807) is 35.1 Å². The minimum absolute atomic E-state index is 0.162. The Bertz CT molecular complexity index is 1160. The molecule has 2 heterocycles. The topological polar surface area (TPSA) is 95.6 Å². The largest absolute Gasteiger partial charge is 0.284 e. The molecule has 4 aromatic rings. The molecule has 8 nitrogen and oxygen atoms in total. The highest BCUT2D eigenvalue weighted by molar-refractivity contribution is 7.89. The summed E-state index contributed by atoms with van der Waals surface area (Å²) in [5.74, 6) is 0. The van der Waals surface area contributed by atoms with Crippen LogP contribution in [-0.4, -0.2) is 37.8 Å². The Labute approximate surface area is 156 Å². The third-order valence-electron chi connectivity index (χ3n) is 4.08. The summed E-state index contributed by atoms with van der Waals surface area (Å²) in [5, 5.41) is 15.8. The molecule has 2 aromatic carbocycles. The predicted molar refractivity (Wildman–Crippen MR) is 98.3 cm³/mol. The van der Waals surface area contributed by atoms with Gasteiger partial charge in [0.15, 0.2) is 0 Å². The lowest BCUT2D eigenvalue weighted by Crippen LogP contribution is -2.13. The SMILES string of the molecule is Cc1ccc(S(=O)(=O)n2cc(Cn3nncc3-c3ccccc3)nn2)cc1. The van der Waals surface area contributed by atoms with E-state index >= 15 is 0 Å². The zero-order chi connectivity index (χ0) is 18.9. The van der Waals surface area contributed by atoms with Gasteiger partial charge in [0.1, 0.15) is 5.69 Å². The first kappa shape index (κ1) is 17.1. The van der Waals surface area contributed by atoms with Crippen LogP contribution in [0.1, 0.15) is 11.3 Å². The summed E-state index contributed by atoms with van der Waals surface area (Å²) in [6.45, 7) is 2.15. The average Bonchev–Trinajstić information content (AvgIpc) is 3.33. The van der Waals surface area contributed by atoms with E-state index in [4.69, 9.17) is 0 Å². The summed E-state index contributed by atoms with van der Waals surface area (Å²) in [5.41, 5.74) is 3.22. The van der Waals surface area contributed by atoms with Crippen molar-refractivity contribution in [2.24, 2.45) is 0 Å². The number of hydrogen-bond donors (Lipinski definition) is 0. The van der Waals surface area contributed by atoms with Gasteiger partial charge < -0.3 is 0 Å². The van der Waals surface area contributed by atoms with Gasteiger partial charge in [0, 0.05) is 5.56 Å². The molecule has 0 bridgehead atoms. The van der Waals surface area contributed by atoms with Gasteiger partial charge in [-0.25, -0.2) is 4.68 Å². The lowest BCUT2D eigenvalue weighted by atomic mass is 10.2. The van der Waals surface area contributed by atoms with Gasteiger partial charge in [0.25, 0.3) is 10.0 Å². The van der Waals surface area contributed by atoms with E-state index in [0.29, 0.717) is 5.69 Å². The van der Waals surface area contributed by atoms with E-state index < -0.39 is 10.0 Å². The minimum atomic E-state index is -3.78. The van der Waals surface area contributed by atoms with Gasteiger partial charge in [0.05, 0.1) is 29.5 Å². The van der Waals surface area contributed by atoms with Crippen LogP contribution in [-0.2, 0) is 16.6 Å². The number of hydrogen-bond acceptors (Lipinski definition) is 6. The second-order valence-corrected chi connectivity index (χ2v) is 7.84. The van der Waals surface area contributed by atoms with Crippen LogP contribution in [0, 0.1) is 6.92 Å². The molecule has 2 aromatic heterocycles. The number of benzene rings is 2. The molecule has 0 aliphatic carbocycles. The number of aromatic nitrogens is 6. The minimum Gasteiger partial charge on any atom is -0.239 e. The van der Waals surface area contributed by atoms with Crippen molar-refractivity contribution >= 4 is 10.0 Å². The second kappa shape index (κ2) is 6.76. The molecule has 9 heteroatoms. The Morgan fingerprint density at radius 1 is 0.963 bits per heavy atom. The maximum Gasteiger partial charge on any atom is 0.284 e. The van der Waals surface area contributed by atoms with Crippen LogP contribution in [0.25, 0.3) is 11.3 Å². The van der Waals surface area contributed by atoms with Crippen molar-refractivity contribution in [3.05, 3.63) is 78.2 Å². The summed E-state index contributed by atoms with van der Waals surface area (Å²) in [7, 11) is -3.78. The summed E-state index contributed by atoms with van der Waals surface area (Å²) < 4.78 is 27.9. The van der Waals surface area contributed by atoms with Crippen LogP contribution in [0.15, 0.2) is 71.9 Å². The molecule has 0 fully saturated rings. The van der Waals surface area contributed by atoms with Crippen molar-refractivity contribution in [3.63, 3.8) is 0 Å². The molecule has 136 valence electrons. The van der Waals surface area contributed by atoms with Crippen molar-refractivity contribution in [3.8, 4) is 11.3 Å². The van der Waals surface area contributed by atoms with Crippen LogP contribution < -0.4 is 0 Å². The first-order chi connectivity index (χ1) is 13.0. The molecule has 0 spiro atoms. The molecule has 0 aliphatic rings. The molecule has 0 amide bonds. The van der Waals surface area contributed by atoms with Crippen molar-refractivity contribution in [1.29, 1.82) is 0 Å². The van der Waals surface area contributed by atoms with E-state index in [9.17, 15) is 8.42 Å².